The summed E-state index contributed by atoms with van der Waals surface area (Å²) in [5.74, 6) is 1.72. The molecule has 0 spiro atoms. The fourth-order valence-corrected chi connectivity index (χ4v) is 3.83. The standard InChI is InChI=1S/C20H24N2O/c1-14-15-9-5-6-10-16(15)20(2,3)17(14)13-21-22-18-11-7-8-12-19(18)23-4/h5-12,14,17H,13H2,1-4H3. The van der Waals surface area contributed by atoms with Crippen LogP contribution in [0.1, 0.15) is 37.8 Å². The van der Waals surface area contributed by atoms with Crippen molar-refractivity contribution in [3.05, 3.63) is 59.7 Å². The molecule has 1 aliphatic rings. The Labute approximate surface area is 138 Å². The lowest BCUT2D eigenvalue weighted by Crippen LogP contribution is -2.27. The fourth-order valence-electron chi connectivity index (χ4n) is 3.83. The van der Waals surface area contributed by atoms with Crippen molar-refractivity contribution in [2.75, 3.05) is 13.7 Å². The second-order valence-corrected chi connectivity index (χ2v) is 6.80. The van der Waals surface area contributed by atoms with E-state index in [4.69, 9.17) is 4.74 Å². The Morgan fingerprint density at radius 1 is 1.04 bits per heavy atom. The minimum absolute atomic E-state index is 0.121. The zero-order valence-electron chi connectivity index (χ0n) is 14.3. The molecule has 0 aliphatic heterocycles. The molecule has 2 aromatic rings. The van der Waals surface area contributed by atoms with Crippen LogP contribution < -0.4 is 4.74 Å². The van der Waals surface area contributed by atoms with Crippen LogP contribution in [0.3, 0.4) is 0 Å². The fraction of sp³-hybridized carbons (Fsp3) is 0.400. The molecule has 23 heavy (non-hydrogen) atoms. The third-order valence-electron chi connectivity index (χ3n) is 5.22. The average Bonchev–Trinajstić information content (AvgIpc) is 2.76. The summed E-state index contributed by atoms with van der Waals surface area (Å²) < 4.78 is 5.33. The minimum Gasteiger partial charge on any atom is -0.494 e. The molecule has 0 radical (unpaired) electrons. The largest absolute Gasteiger partial charge is 0.494 e. The van der Waals surface area contributed by atoms with Gasteiger partial charge in [0.1, 0.15) is 11.4 Å². The molecule has 2 aromatic carbocycles. The smallest absolute Gasteiger partial charge is 0.146 e. The first-order chi connectivity index (χ1) is 11.1. The summed E-state index contributed by atoms with van der Waals surface area (Å²) in [4.78, 5) is 0. The molecule has 3 heteroatoms. The second-order valence-electron chi connectivity index (χ2n) is 6.80. The van der Waals surface area contributed by atoms with Gasteiger partial charge < -0.3 is 4.74 Å². The van der Waals surface area contributed by atoms with Gasteiger partial charge >= 0.3 is 0 Å². The minimum atomic E-state index is 0.121. The Morgan fingerprint density at radius 3 is 2.48 bits per heavy atom. The highest BCUT2D eigenvalue weighted by molar-refractivity contribution is 5.50. The van der Waals surface area contributed by atoms with E-state index in [1.807, 2.05) is 24.3 Å². The Balaban J connectivity index is 1.80. The highest BCUT2D eigenvalue weighted by atomic mass is 16.5. The molecule has 0 amide bonds. The molecule has 3 rings (SSSR count). The highest BCUT2D eigenvalue weighted by Gasteiger charge is 2.43. The Morgan fingerprint density at radius 2 is 1.74 bits per heavy atom. The molecular weight excluding hydrogens is 284 g/mol. The van der Waals surface area contributed by atoms with E-state index in [1.54, 1.807) is 7.11 Å². The third-order valence-corrected chi connectivity index (χ3v) is 5.22. The third kappa shape index (κ3) is 2.76. The first-order valence-electron chi connectivity index (χ1n) is 8.15. The molecular formula is C20H24N2O. The lowest BCUT2D eigenvalue weighted by molar-refractivity contribution is 0.319. The number of rotatable bonds is 4. The maximum atomic E-state index is 5.33. The van der Waals surface area contributed by atoms with Crippen LogP contribution >= 0.6 is 0 Å². The summed E-state index contributed by atoms with van der Waals surface area (Å²) >= 11 is 0. The summed E-state index contributed by atoms with van der Waals surface area (Å²) in [6.45, 7) is 7.66. The molecule has 0 aromatic heterocycles. The van der Waals surface area contributed by atoms with Crippen molar-refractivity contribution in [1.29, 1.82) is 0 Å². The number of methoxy groups -OCH3 is 1. The van der Waals surface area contributed by atoms with Crippen LogP contribution in [0.25, 0.3) is 0 Å². The molecule has 1 aliphatic carbocycles. The number of hydrogen-bond acceptors (Lipinski definition) is 3. The summed E-state index contributed by atoms with van der Waals surface area (Å²) in [5.41, 5.74) is 3.81. The van der Waals surface area contributed by atoms with Gasteiger partial charge in [0.05, 0.1) is 13.7 Å². The Kier molecular flexibility index (Phi) is 4.20. The number of benzene rings is 2. The van der Waals surface area contributed by atoms with Gasteiger partial charge in [-0.15, -0.1) is 0 Å². The van der Waals surface area contributed by atoms with Gasteiger partial charge in [0.15, 0.2) is 0 Å². The lowest BCUT2D eigenvalue weighted by Gasteiger charge is -2.28. The van der Waals surface area contributed by atoms with E-state index in [0.29, 0.717) is 11.8 Å². The predicted molar refractivity (Wildman–Crippen MR) is 93.8 cm³/mol. The number of ether oxygens (including phenoxy) is 1. The lowest BCUT2D eigenvalue weighted by atomic mass is 9.76. The van der Waals surface area contributed by atoms with Gasteiger partial charge in [-0.05, 0) is 40.5 Å². The summed E-state index contributed by atoms with van der Waals surface area (Å²) in [7, 11) is 1.66. The zero-order valence-corrected chi connectivity index (χ0v) is 14.3. The van der Waals surface area contributed by atoms with Gasteiger partial charge in [-0.25, -0.2) is 0 Å². The SMILES string of the molecule is COc1ccccc1N=NCC1C(C)c2ccccc2C1(C)C. The molecule has 0 bridgehead atoms. The van der Waals surface area contributed by atoms with Gasteiger partial charge in [-0.1, -0.05) is 57.2 Å². The van der Waals surface area contributed by atoms with Gasteiger partial charge in [-0.2, -0.15) is 10.2 Å². The molecule has 0 saturated heterocycles. The zero-order chi connectivity index (χ0) is 16.4. The number of hydrogen-bond donors (Lipinski definition) is 0. The highest BCUT2D eigenvalue weighted by Crippen LogP contribution is 2.50. The molecule has 0 saturated carbocycles. The Bertz CT molecular complexity index is 721. The predicted octanol–water partition coefficient (Wildman–Crippen LogP) is 5.49. The maximum absolute atomic E-state index is 5.33. The molecule has 2 unspecified atom stereocenters. The average molecular weight is 308 g/mol. The van der Waals surface area contributed by atoms with Crippen molar-refractivity contribution in [2.45, 2.75) is 32.1 Å². The van der Waals surface area contributed by atoms with Crippen molar-refractivity contribution in [3.63, 3.8) is 0 Å². The van der Waals surface area contributed by atoms with Gasteiger partial charge in [0.2, 0.25) is 0 Å². The topological polar surface area (TPSA) is 34.0 Å². The quantitative estimate of drug-likeness (QED) is 0.688. The van der Waals surface area contributed by atoms with Crippen LogP contribution in [0.15, 0.2) is 58.8 Å². The van der Waals surface area contributed by atoms with Crippen molar-refractivity contribution < 1.29 is 4.74 Å². The summed E-state index contributed by atoms with van der Waals surface area (Å²) in [6.07, 6.45) is 0. The summed E-state index contributed by atoms with van der Waals surface area (Å²) in [6, 6.07) is 16.5. The van der Waals surface area contributed by atoms with Crippen molar-refractivity contribution >= 4 is 5.69 Å². The van der Waals surface area contributed by atoms with Gasteiger partial charge in [-0.3, -0.25) is 0 Å². The van der Waals surface area contributed by atoms with Crippen LogP contribution in [-0.2, 0) is 5.41 Å². The Hall–Kier alpha value is -2.16. The van der Waals surface area contributed by atoms with E-state index >= 15 is 0 Å². The van der Waals surface area contributed by atoms with Crippen molar-refractivity contribution in [3.8, 4) is 5.75 Å². The van der Waals surface area contributed by atoms with Crippen LogP contribution in [0.5, 0.6) is 5.75 Å². The number of nitrogens with zero attached hydrogens (tertiary/aromatic N) is 2. The van der Waals surface area contributed by atoms with Crippen LogP contribution in [0, 0.1) is 5.92 Å². The van der Waals surface area contributed by atoms with Crippen LogP contribution in [-0.4, -0.2) is 13.7 Å². The van der Waals surface area contributed by atoms with E-state index in [2.05, 4.69) is 55.3 Å². The van der Waals surface area contributed by atoms with E-state index in [9.17, 15) is 0 Å². The van der Waals surface area contributed by atoms with Crippen molar-refractivity contribution in [1.82, 2.24) is 0 Å². The van der Waals surface area contributed by atoms with Crippen molar-refractivity contribution in [2.24, 2.45) is 16.1 Å². The normalized spacial score (nSPS) is 22.3. The number of para-hydroxylation sites is 1. The van der Waals surface area contributed by atoms with Crippen LogP contribution in [0.4, 0.5) is 5.69 Å². The monoisotopic (exact) mass is 308 g/mol. The number of azo groups is 1. The molecule has 0 fully saturated rings. The van der Waals surface area contributed by atoms with Gasteiger partial charge in [0, 0.05) is 0 Å². The molecule has 0 heterocycles. The van der Waals surface area contributed by atoms with Gasteiger partial charge in [0.25, 0.3) is 0 Å². The molecule has 0 N–H and O–H groups in total. The van der Waals surface area contributed by atoms with E-state index in [1.165, 1.54) is 11.1 Å². The molecule has 3 nitrogen and oxygen atoms in total. The molecule has 2 atom stereocenters. The first kappa shape index (κ1) is 15.7. The van der Waals surface area contributed by atoms with Crippen LogP contribution in [0.2, 0.25) is 0 Å². The van der Waals surface area contributed by atoms with E-state index in [-0.39, 0.29) is 5.41 Å². The van der Waals surface area contributed by atoms with E-state index < -0.39 is 0 Å². The maximum Gasteiger partial charge on any atom is 0.146 e. The molecule has 120 valence electrons. The summed E-state index contributed by atoms with van der Waals surface area (Å²) in [5, 5.41) is 8.91. The first-order valence-corrected chi connectivity index (χ1v) is 8.15. The van der Waals surface area contributed by atoms with E-state index in [0.717, 1.165) is 18.0 Å². The number of fused-ring (bicyclic) bond motifs is 1. The second kappa shape index (κ2) is 6.15.